The first kappa shape index (κ1) is 32.6. The Hall–Kier alpha value is -4.98. The van der Waals surface area contributed by atoms with Crippen molar-refractivity contribution in [3.63, 3.8) is 0 Å². The summed E-state index contributed by atoms with van der Waals surface area (Å²) >= 11 is 0. The molecule has 2 amide bonds. The number of hydrogen-bond acceptors (Lipinski definition) is 4. The normalized spacial score (nSPS) is 23.3. The number of amides is 2. The molecule has 0 unspecified atom stereocenters. The van der Waals surface area contributed by atoms with Gasteiger partial charge in [0.2, 0.25) is 0 Å². The number of piperidine rings is 3. The standard InChI is InChI=1S/C42H44N4O3/c1-3-30-28-46(27-29-13-7-4-8-14-29)24-22-33(30)25-38(46)40(35-21-23-43-37-20-19-34(49-2)26-36(35)37)45-42(48)44-39(31-15-9-5-10-16-31)41(47)32-17-11-6-12-18-32/h3-21,23,26,30,33,38-41,47H,1,22,24-25,27-28H2,2H3,(H-,44,45,48)/p+1/t30-,33-,38-,39+,40-,41-,46+/m0/s1. The molecule has 3 aliphatic rings. The number of aromatic nitrogens is 1. The van der Waals surface area contributed by atoms with E-state index in [1.54, 1.807) is 7.11 Å². The molecule has 7 atom stereocenters. The highest BCUT2D eigenvalue weighted by Gasteiger charge is 2.54. The van der Waals surface area contributed by atoms with Crippen LogP contribution in [0.2, 0.25) is 0 Å². The van der Waals surface area contributed by atoms with Gasteiger partial charge >= 0.3 is 6.03 Å². The van der Waals surface area contributed by atoms with Crippen molar-refractivity contribution in [1.82, 2.24) is 15.6 Å². The minimum atomic E-state index is -0.946. The summed E-state index contributed by atoms with van der Waals surface area (Å²) in [4.78, 5) is 19.1. The Labute approximate surface area is 288 Å². The molecule has 3 fully saturated rings. The van der Waals surface area contributed by atoms with Gasteiger partial charge in [-0.05, 0) is 46.9 Å². The van der Waals surface area contributed by atoms with E-state index in [1.807, 2.05) is 91.1 Å². The minimum Gasteiger partial charge on any atom is -0.497 e. The number of aliphatic hydroxyl groups is 1. The third-order valence-electron chi connectivity index (χ3n) is 10.9. The fraction of sp³-hybridized carbons (Fsp3) is 0.286. The Bertz CT molecular complexity index is 1890. The zero-order chi connectivity index (χ0) is 33.8. The first-order chi connectivity index (χ1) is 24.0. The number of quaternary nitrogens is 1. The summed E-state index contributed by atoms with van der Waals surface area (Å²) in [7, 11) is 1.67. The van der Waals surface area contributed by atoms with E-state index in [0.29, 0.717) is 11.8 Å². The van der Waals surface area contributed by atoms with Crippen LogP contribution in [0.15, 0.2) is 134 Å². The Morgan fingerprint density at radius 3 is 2.35 bits per heavy atom. The number of nitrogens with zero attached hydrogens (tertiary/aromatic N) is 2. The van der Waals surface area contributed by atoms with Crippen LogP contribution in [-0.4, -0.2) is 46.8 Å². The number of aliphatic hydroxyl groups excluding tert-OH is 1. The summed E-state index contributed by atoms with van der Waals surface area (Å²) in [6.07, 6.45) is 5.13. The van der Waals surface area contributed by atoms with Crippen molar-refractivity contribution in [2.24, 2.45) is 11.8 Å². The highest BCUT2D eigenvalue weighted by Crippen LogP contribution is 2.48. The molecule has 7 heteroatoms. The smallest absolute Gasteiger partial charge is 0.316 e. The van der Waals surface area contributed by atoms with E-state index in [2.05, 4.69) is 53.6 Å². The van der Waals surface area contributed by atoms with Crippen LogP contribution in [0.5, 0.6) is 5.75 Å². The van der Waals surface area contributed by atoms with Gasteiger partial charge < -0.3 is 25.0 Å². The predicted molar refractivity (Wildman–Crippen MR) is 194 cm³/mol. The molecule has 3 aliphatic heterocycles. The molecule has 0 radical (unpaired) electrons. The number of ether oxygens (including phenoxy) is 1. The van der Waals surface area contributed by atoms with Gasteiger partial charge in [0.15, 0.2) is 0 Å². The molecular weight excluding hydrogens is 608 g/mol. The van der Waals surface area contributed by atoms with Crippen LogP contribution >= 0.6 is 0 Å². The van der Waals surface area contributed by atoms with Gasteiger partial charge in [0.25, 0.3) is 0 Å². The summed E-state index contributed by atoms with van der Waals surface area (Å²) in [6, 6.07) is 36.6. The Morgan fingerprint density at radius 2 is 1.65 bits per heavy atom. The molecule has 1 aromatic heterocycles. The second-order valence-electron chi connectivity index (χ2n) is 13.6. The molecule has 5 aromatic rings. The minimum absolute atomic E-state index is 0.0897. The van der Waals surface area contributed by atoms with Crippen molar-refractivity contribution < 1.29 is 19.1 Å². The van der Waals surface area contributed by atoms with E-state index in [1.165, 1.54) is 5.56 Å². The molecule has 2 bridgehead atoms. The van der Waals surface area contributed by atoms with Crippen molar-refractivity contribution in [3.05, 3.63) is 156 Å². The average molecular weight is 654 g/mol. The molecule has 49 heavy (non-hydrogen) atoms. The molecule has 0 aliphatic carbocycles. The summed E-state index contributed by atoms with van der Waals surface area (Å²) in [5.41, 5.74) is 4.71. The Morgan fingerprint density at radius 1 is 0.959 bits per heavy atom. The maximum Gasteiger partial charge on any atom is 0.316 e. The maximum absolute atomic E-state index is 14.4. The quantitative estimate of drug-likeness (QED) is 0.101. The fourth-order valence-electron chi connectivity index (χ4n) is 8.45. The molecule has 3 saturated heterocycles. The maximum atomic E-state index is 14.4. The lowest BCUT2D eigenvalue weighted by molar-refractivity contribution is -0.983. The van der Waals surface area contributed by atoms with Crippen LogP contribution in [0.3, 0.4) is 0 Å². The number of fused-ring (bicyclic) bond motifs is 4. The lowest BCUT2D eigenvalue weighted by Gasteiger charge is -2.59. The van der Waals surface area contributed by atoms with Gasteiger partial charge in [0, 0.05) is 35.9 Å². The summed E-state index contributed by atoms with van der Waals surface area (Å²) in [6.45, 7) is 7.11. The molecule has 4 aromatic carbocycles. The van der Waals surface area contributed by atoms with Gasteiger partial charge in [-0.3, -0.25) is 4.98 Å². The molecule has 7 nitrogen and oxygen atoms in total. The highest BCUT2D eigenvalue weighted by atomic mass is 16.5. The van der Waals surface area contributed by atoms with Gasteiger partial charge in [0.1, 0.15) is 30.5 Å². The molecule has 0 saturated carbocycles. The van der Waals surface area contributed by atoms with Gasteiger partial charge in [-0.2, -0.15) is 0 Å². The fourth-order valence-corrected chi connectivity index (χ4v) is 8.45. The SMILES string of the molecule is C=C[C@H]1C[N@+]2(Cc3ccccc3)CC[C@H]1C[C@H]2[C@@H](NC(=O)N[C@H](c1ccccc1)[C@@H](O)c1ccccc1)c1ccnc2ccc(OC)cc12. The van der Waals surface area contributed by atoms with E-state index >= 15 is 0 Å². The number of hydrogen-bond donors (Lipinski definition) is 3. The average Bonchev–Trinajstić information content (AvgIpc) is 3.16. The molecule has 4 heterocycles. The predicted octanol–water partition coefficient (Wildman–Crippen LogP) is 7.67. The number of methoxy groups -OCH3 is 1. The lowest BCUT2D eigenvalue weighted by Crippen LogP contribution is -2.69. The van der Waals surface area contributed by atoms with Gasteiger partial charge in [-0.15, -0.1) is 6.58 Å². The van der Waals surface area contributed by atoms with E-state index in [4.69, 9.17) is 9.72 Å². The van der Waals surface area contributed by atoms with Crippen LogP contribution < -0.4 is 15.4 Å². The largest absolute Gasteiger partial charge is 0.497 e. The zero-order valence-corrected chi connectivity index (χ0v) is 28.0. The molecule has 250 valence electrons. The van der Waals surface area contributed by atoms with Crippen LogP contribution in [-0.2, 0) is 6.54 Å². The van der Waals surface area contributed by atoms with E-state index in [-0.39, 0.29) is 18.1 Å². The number of pyridine rings is 1. The first-order valence-corrected chi connectivity index (χ1v) is 17.3. The van der Waals surface area contributed by atoms with Crippen molar-refractivity contribution in [2.45, 2.75) is 43.6 Å². The second kappa shape index (κ2) is 14.2. The number of rotatable bonds is 11. The Kier molecular flexibility index (Phi) is 9.47. The van der Waals surface area contributed by atoms with Gasteiger partial charge in [-0.1, -0.05) is 97.1 Å². The van der Waals surface area contributed by atoms with E-state index < -0.39 is 12.1 Å². The summed E-state index contributed by atoms with van der Waals surface area (Å²) < 4.78 is 6.51. The van der Waals surface area contributed by atoms with E-state index in [9.17, 15) is 9.90 Å². The third kappa shape index (κ3) is 6.69. The molecule has 3 N–H and O–H groups in total. The van der Waals surface area contributed by atoms with Gasteiger partial charge in [0.05, 0.1) is 31.8 Å². The zero-order valence-electron chi connectivity index (χ0n) is 28.0. The third-order valence-corrected chi connectivity index (χ3v) is 10.9. The number of nitrogens with one attached hydrogen (secondary N) is 2. The second-order valence-corrected chi connectivity index (χ2v) is 13.6. The van der Waals surface area contributed by atoms with Crippen LogP contribution in [0, 0.1) is 11.8 Å². The number of carbonyl (C=O) groups is 1. The number of benzene rings is 4. The highest BCUT2D eigenvalue weighted by molar-refractivity contribution is 5.85. The summed E-state index contributed by atoms with van der Waals surface area (Å²) in [5.74, 6) is 1.65. The molecule has 8 rings (SSSR count). The van der Waals surface area contributed by atoms with Crippen LogP contribution in [0.25, 0.3) is 10.9 Å². The molecular formula is C42H45N4O3+. The first-order valence-electron chi connectivity index (χ1n) is 17.3. The molecule has 0 spiro atoms. The number of carbonyl (C=O) groups excluding carboxylic acids is 1. The van der Waals surface area contributed by atoms with Crippen molar-refractivity contribution in [2.75, 3.05) is 20.2 Å². The lowest BCUT2D eigenvalue weighted by atomic mass is 9.70. The van der Waals surface area contributed by atoms with Crippen LogP contribution in [0.4, 0.5) is 4.79 Å². The Balaban J connectivity index is 1.30. The van der Waals surface area contributed by atoms with Crippen LogP contribution in [0.1, 0.15) is 53.3 Å². The summed E-state index contributed by atoms with van der Waals surface area (Å²) in [5, 5.41) is 19.3. The van der Waals surface area contributed by atoms with E-state index in [0.717, 1.165) is 70.3 Å². The van der Waals surface area contributed by atoms with Crippen molar-refractivity contribution in [3.8, 4) is 5.75 Å². The topological polar surface area (TPSA) is 83.5 Å². The van der Waals surface area contributed by atoms with Crippen molar-refractivity contribution in [1.29, 1.82) is 0 Å². The van der Waals surface area contributed by atoms with Gasteiger partial charge in [-0.25, -0.2) is 4.79 Å². The number of urea groups is 1. The van der Waals surface area contributed by atoms with Crippen molar-refractivity contribution >= 4 is 16.9 Å². The monoisotopic (exact) mass is 653 g/mol.